The van der Waals surface area contributed by atoms with Crippen LogP contribution in [-0.4, -0.2) is 34.1 Å². The van der Waals surface area contributed by atoms with E-state index in [-0.39, 0.29) is 5.92 Å². The second-order valence-electron chi connectivity index (χ2n) is 4.57. The van der Waals surface area contributed by atoms with Crippen LogP contribution in [0.5, 0.6) is 0 Å². The summed E-state index contributed by atoms with van der Waals surface area (Å²) in [6.07, 6.45) is 0.691. The van der Waals surface area contributed by atoms with E-state index in [1.54, 1.807) is 0 Å². The fourth-order valence-electron chi connectivity index (χ4n) is 2.21. The highest BCUT2D eigenvalue weighted by atomic mass is 16.4. The summed E-state index contributed by atoms with van der Waals surface area (Å²) < 4.78 is 0. The molecule has 1 N–H and O–H groups in total. The van der Waals surface area contributed by atoms with Gasteiger partial charge in [0.25, 0.3) is 0 Å². The van der Waals surface area contributed by atoms with Gasteiger partial charge < -0.3 is 10.0 Å². The second-order valence-corrected chi connectivity index (χ2v) is 4.57. The third kappa shape index (κ3) is 2.23. The zero-order valence-electron chi connectivity index (χ0n) is 10.4. The Bertz CT molecular complexity index is 459. The molecule has 1 aliphatic heterocycles. The third-order valence-corrected chi connectivity index (χ3v) is 3.31. The van der Waals surface area contributed by atoms with Crippen molar-refractivity contribution in [3.05, 3.63) is 17.1 Å². The molecule has 1 aliphatic rings. The first-order chi connectivity index (χ1) is 7.99. The Balaban J connectivity index is 2.27. The molecule has 1 aromatic rings. The Kier molecular flexibility index (Phi) is 3.00. The number of anilines is 1. The highest BCUT2D eigenvalue weighted by molar-refractivity contribution is 5.72. The fourth-order valence-corrected chi connectivity index (χ4v) is 2.21. The van der Waals surface area contributed by atoms with Crippen LogP contribution in [0.1, 0.15) is 23.5 Å². The van der Waals surface area contributed by atoms with Gasteiger partial charge in [-0.25, -0.2) is 9.97 Å². The van der Waals surface area contributed by atoms with E-state index in [9.17, 15) is 4.79 Å². The van der Waals surface area contributed by atoms with E-state index in [0.29, 0.717) is 13.0 Å². The van der Waals surface area contributed by atoms with Crippen molar-refractivity contribution in [3.8, 4) is 0 Å². The molecule has 1 atom stereocenters. The number of carboxylic acids is 1. The van der Waals surface area contributed by atoms with Crippen LogP contribution in [0.15, 0.2) is 0 Å². The minimum Gasteiger partial charge on any atom is -0.481 e. The molecule has 5 heteroatoms. The lowest BCUT2D eigenvalue weighted by atomic mass is 10.1. The van der Waals surface area contributed by atoms with E-state index in [4.69, 9.17) is 5.11 Å². The van der Waals surface area contributed by atoms with Crippen LogP contribution in [0.25, 0.3) is 0 Å². The minimum absolute atomic E-state index is 0.273. The number of hydrogen-bond acceptors (Lipinski definition) is 4. The van der Waals surface area contributed by atoms with Crippen molar-refractivity contribution in [2.45, 2.75) is 27.2 Å². The Morgan fingerprint density at radius 3 is 2.65 bits per heavy atom. The van der Waals surface area contributed by atoms with Gasteiger partial charge in [0, 0.05) is 24.3 Å². The van der Waals surface area contributed by atoms with Gasteiger partial charge in [-0.15, -0.1) is 0 Å². The van der Waals surface area contributed by atoms with Gasteiger partial charge in [-0.05, 0) is 27.2 Å². The smallest absolute Gasteiger partial charge is 0.308 e. The van der Waals surface area contributed by atoms with Gasteiger partial charge in [-0.3, -0.25) is 4.79 Å². The molecule has 1 fully saturated rings. The van der Waals surface area contributed by atoms with E-state index >= 15 is 0 Å². The number of aryl methyl sites for hydroxylation is 2. The maximum atomic E-state index is 10.9. The van der Waals surface area contributed by atoms with Crippen LogP contribution in [-0.2, 0) is 4.79 Å². The molecule has 5 nitrogen and oxygen atoms in total. The molecule has 17 heavy (non-hydrogen) atoms. The highest BCUT2D eigenvalue weighted by Gasteiger charge is 2.29. The second kappa shape index (κ2) is 4.31. The van der Waals surface area contributed by atoms with E-state index < -0.39 is 5.97 Å². The molecule has 92 valence electrons. The molecule has 0 aliphatic carbocycles. The van der Waals surface area contributed by atoms with E-state index in [1.807, 2.05) is 20.8 Å². The third-order valence-electron chi connectivity index (χ3n) is 3.31. The van der Waals surface area contributed by atoms with Gasteiger partial charge >= 0.3 is 5.97 Å². The first-order valence-corrected chi connectivity index (χ1v) is 5.78. The van der Waals surface area contributed by atoms with Crippen molar-refractivity contribution in [2.75, 3.05) is 18.0 Å². The predicted octanol–water partition coefficient (Wildman–Crippen LogP) is 1.31. The number of rotatable bonds is 2. The summed E-state index contributed by atoms with van der Waals surface area (Å²) in [5.41, 5.74) is 2.01. The molecule has 1 saturated heterocycles. The van der Waals surface area contributed by atoms with Crippen LogP contribution in [0.3, 0.4) is 0 Å². The molecule has 1 aromatic heterocycles. The van der Waals surface area contributed by atoms with Crippen molar-refractivity contribution in [3.63, 3.8) is 0 Å². The van der Waals surface area contributed by atoms with Gasteiger partial charge in [-0.1, -0.05) is 0 Å². The Morgan fingerprint density at radius 2 is 2.06 bits per heavy atom. The first-order valence-electron chi connectivity index (χ1n) is 5.78. The van der Waals surface area contributed by atoms with E-state index in [1.165, 1.54) is 0 Å². The van der Waals surface area contributed by atoms with Crippen LogP contribution in [0.4, 0.5) is 5.82 Å². The maximum absolute atomic E-state index is 10.9. The van der Waals surface area contributed by atoms with Gasteiger partial charge in [0.05, 0.1) is 5.92 Å². The SMILES string of the molecule is Cc1nc(C)c(C)c(N2CC[C@@H](C(=O)O)C2)n1. The topological polar surface area (TPSA) is 66.3 Å². The summed E-state index contributed by atoms with van der Waals surface area (Å²) in [4.78, 5) is 21.7. The van der Waals surface area contributed by atoms with Gasteiger partial charge in [0.2, 0.25) is 0 Å². The number of hydrogen-bond donors (Lipinski definition) is 1. The monoisotopic (exact) mass is 235 g/mol. The average Bonchev–Trinajstić information content (AvgIpc) is 2.72. The highest BCUT2D eigenvalue weighted by Crippen LogP contribution is 2.26. The lowest BCUT2D eigenvalue weighted by Gasteiger charge is -2.20. The minimum atomic E-state index is -0.715. The molecular weight excluding hydrogens is 218 g/mol. The van der Waals surface area contributed by atoms with E-state index in [2.05, 4.69) is 14.9 Å². The average molecular weight is 235 g/mol. The first kappa shape index (κ1) is 11.8. The molecule has 0 spiro atoms. The Morgan fingerprint density at radius 1 is 1.35 bits per heavy atom. The van der Waals surface area contributed by atoms with Crippen molar-refractivity contribution in [1.29, 1.82) is 0 Å². The molecular formula is C12H17N3O2. The molecule has 0 bridgehead atoms. The maximum Gasteiger partial charge on any atom is 0.308 e. The van der Waals surface area contributed by atoms with Crippen molar-refractivity contribution in [1.82, 2.24) is 9.97 Å². The van der Waals surface area contributed by atoms with Crippen LogP contribution >= 0.6 is 0 Å². The van der Waals surface area contributed by atoms with Crippen molar-refractivity contribution < 1.29 is 9.90 Å². The molecule has 0 radical (unpaired) electrons. The van der Waals surface area contributed by atoms with E-state index in [0.717, 1.165) is 29.4 Å². The van der Waals surface area contributed by atoms with Crippen molar-refractivity contribution in [2.24, 2.45) is 5.92 Å². The molecule has 0 unspecified atom stereocenters. The van der Waals surface area contributed by atoms with Crippen molar-refractivity contribution >= 4 is 11.8 Å². The predicted molar refractivity (Wildman–Crippen MR) is 64.2 cm³/mol. The normalized spacial score (nSPS) is 19.7. The van der Waals surface area contributed by atoms with Gasteiger partial charge in [0.1, 0.15) is 11.6 Å². The molecule has 0 amide bonds. The zero-order chi connectivity index (χ0) is 12.6. The summed E-state index contributed by atoms with van der Waals surface area (Å²) in [6.45, 7) is 7.11. The molecule has 2 heterocycles. The summed E-state index contributed by atoms with van der Waals surface area (Å²) >= 11 is 0. The Labute approximate surface area is 100 Å². The number of nitrogens with zero attached hydrogens (tertiary/aromatic N) is 3. The van der Waals surface area contributed by atoms with Crippen LogP contribution in [0, 0.1) is 26.7 Å². The van der Waals surface area contributed by atoms with Crippen LogP contribution < -0.4 is 4.90 Å². The Hall–Kier alpha value is -1.65. The molecule has 0 aromatic carbocycles. The van der Waals surface area contributed by atoms with Crippen LogP contribution in [0.2, 0.25) is 0 Å². The zero-order valence-corrected chi connectivity index (χ0v) is 10.4. The number of carboxylic acid groups (broad SMARTS) is 1. The molecule has 0 saturated carbocycles. The largest absolute Gasteiger partial charge is 0.481 e. The fraction of sp³-hybridized carbons (Fsp3) is 0.583. The van der Waals surface area contributed by atoms with Gasteiger partial charge in [0.15, 0.2) is 0 Å². The summed E-state index contributed by atoms with van der Waals surface area (Å²) in [7, 11) is 0. The summed E-state index contributed by atoms with van der Waals surface area (Å²) in [5.74, 6) is 0.637. The molecule has 2 rings (SSSR count). The summed E-state index contributed by atoms with van der Waals surface area (Å²) in [6, 6.07) is 0. The quantitative estimate of drug-likeness (QED) is 0.837. The lowest BCUT2D eigenvalue weighted by Crippen LogP contribution is -2.25. The number of aromatic nitrogens is 2. The standard InChI is InChI=1S/C12H17N3O2/c1-7-8(2)13-9(3)14-11(7)15-5-4-10(6-15)12(16)17/h10H,4-6H2,1-3H3,(H,16,17)/t10-/m1/s1. The lowest BCUT2D eigenvalue weighted by molar-refractivity contribution is -0.140. The number of carbonyl (C=O) groups is 1. The summed E-state index contributed by atoms with van der Waals surface area (Å²) in [5, 5.41) is 9.00. The van der Waals surface area contributed by atoms with Gasteiger partial charge in [-0.2, -0.15) is 0 Å². The number of aliphatic carboxylic acids is 1.